The number of nitrogens with one attached hydrogen (secondary N) is 2. The molecule has 0 fully saturated rings. The SMILES string of the molecule is COc1cc2nccc(Oc3ccc(NC(=O)NCCCc4cccc(F)c4)cc3)c2cc1OC. The molecular formula is C27H26FN3O4. The number of ether oxygens (including phenoxy) is 3. The molecule has 0 radical (unpaired) electrons. The first kappa shape index (κ1) is 23.8. The average Bonchev–Trinajstić information content (AvgIpc) is 2.87. The molecule has 4 rings (SSSR count). The van der Waals surface area contributed by atoms with Crippen LogP contribution in [0.1, 0.15) is 12.0 Å². The molecule has 4 aromatic rings. The summed E-state index contributed by atoms with van der Waals surface area (Å²) in [5.41, 5.74) is 2.25. The molecule has 2 amide bonds. The second-order valence-corrected chi connectivity index (χ2v) is 7.77. The van der Waals surface area contributed by atoms with E-state index < -0.39 is 0 Å². The minimum absolute atomic E-state index is 0.252. The van der Waals surface area contributed by atoms with Crippen LogP contribution < -0.4 is 24.8 Å². The zero-order chi connectivity index (χ0) is 24.6. The first-order valence-electron chi connectivity index (χ1n) is 11.1. The number of halogens is 1. The van der Waals surface area contributed by atoms with Crippen LogP contribution >= 0.6 is 0 Å². The quantitative estimate of drug-likeness (QED) is 0.293. The minimum atomic E-state index is -0.306. The molecule has 0 bridgehead atoms. The van der Waals surface area contributed by atoms with E-state index in [4.69, 9.17) is 14.2 Å². The van der Waals surface area contributed by atoms with E-state index in [-0.39, 0.29) is 11.8 Å². The van der Waals surface area contributed by atoms with Crippen molar-refractivity contribution in [2.75, 3.05) is 26.1 Å². The summed E-state index contributed by atoms with van der Waals surface area (Å²) in [5, 5.41) is 6.38. The standard InChI is InChI=1S/C27H26FN3O4/c1-33-25-16-22-23(17-26(25)34-2)29-14-12-24(22)35-21-10-8-20(9-11-21)31-27(32)30-13-4-6-18-5-3-7-19(28)15-18/h3,5,7-12,14-17H,4,6,13H2,1-2H3,(H2,30,31,32). The highest BCUT2D eigenvalue weighted by Crippen LogP contribution is 2.36. The summed E-state index contributed by atoms with van der Waals surface area (Å²) >= 11 is 0. The van der Waals surface area contributed by atoms with E-state index in [1.54, 1.807) is 62.9 Å². The fourth-order valence-corrected chi connectivity index (χ4v) is 3.63. The van der Waals surface area contributed by atoms with Gasteiger partial charge in [0, 0.05) is 29.9 Å². The number of rotatable bonds is 9. The van der Waals surface area contributed by atoms with Crippen LogP contribution in [0.3, 0.4) is 0 Å². The Morgan fingerprint density at radius 1 is 0.943 bits per heavy atom. The minimum Gasteiger partial charge on any atom is -0.493 e. The van der Waals surface area contributed by atoms with Gasteiger partial charge in [-0.1, -0.05) is 12.1 Å². The van der Waals surface area contributed by atoms with Crippen LogP contribution in [0, 0.1) is 5.82 Å². The Kier molecular flexibility index (Phi) is 7.62. The smallest absolute Gasteiger partial charge is 0.319 e. The van der Waals surface area contributed by atoms with Gasteiger partial charge in [0.2, 0.25) is 0 Å². The molecule has 0 aliphatic rings. The Morgan fingerprint density at radius 3 is 2.46 bits per heavy atom. The number of amides is 2. The molecule has 2 N–H and O–H groups in total. The van der Waals surface area contributed by atoms with Crippen LogP contribution in [0.2, 0.25) is 0 Å². The molecule has 0 atom stereocenters. The van der Waals surface area contributed by atoms with Gasteiger partial charge < -0.3 is 24.8 Å². The molecule has 7 nitrogen and oxygen atoms in total. The van der Waals surface area contributed by atoms with Crippen LogP contribution in [0.15, 0.2) is 72.9 Å². The third kappa shape index (κ3) is 6.17. The summed E-state index contributed by atoms with van der Waals surface area (Å²) in [5.74, 6) is 2.14. The second kappa shape index (κ2) is 11.2. The van der Waals surface area contributed by atoms with Crippen molar-refractivity contribution in [2.24, 2.45) is 0 Å². The number of methoxy groups -OCH3 is 2. The molecule has 180 valence electrons. The zero-order valence-corrected chi connectivity index (χ0v) is 19.5. The maximum absolute atomic E-state index is 13.2. The first-order chi connectivity index (χ1) is 17.1. The van der Waals surface area contributed by atoms with Crippen molar-refractivity contribution in [1.29, 1.82) is 0 Å². The van der Waals surface area contributed by atoms with Crippen molar-refractivity contribution in [3.05, 3.63) is 84.3 Å². The lowest BCUT2D eigenvalue weighted by atomic mass is 10.1. The third-order valence-electron chi connectivity index (χ3n) is 5.36. The van der Waals surface area contributed by atoms with Gasteiger partial charge in [0.1, 0.15) is 17.3 Å². The summed E-state index contributed by atoms with van der Waals surface area (Å²) in [7, 11) is 3.15. The van der Waals surface area contributed by atoms with E-state index in [0.717, 1.165) is 10.9 Å². The monoisotopic (exact) mass is 475 g/mol. The Hall–Kier alpha value is -4.33. The second-order valence-electron chi connectivity index (χ2n) is 7.77. The van der Waals surface area contributed by atoms with Gasteiger partial charge in [-0.3, -0.25) is 4.98 Å². The number of anilines is 1. The number of aromatic nitrogens is 1. The molecule has 0 saturated heterocycles. The predicted molar refractivity (Wildman–Crippen MR) is 133 cm³/mol. The molecule has 8 heteroatoms. The number of hydrogen-bond donors (Lipinski definition) is 2. The third-order valence-corrected chi connectivity index (χ3v) is 5.36. The lowest BCUT2D eigenvalue weighted by molar-refractivity contribution is 0.252. The number of benzene rings is 3. The lowest BCUT2D eigenvalue weighted by Gasteiger charge is -2.13. The number of urea groups is 1. The van der Waals surface area contributed by atoms with Crippen molar-refractivity contribution in [1.82, 2.24) is 10.3 Å². The molecule has 0 saturated carbocycles. The van der Waals surface area contributed by atoms with Gasteiger partial charge in [-0.05, 0) is 66.9 Å². The van der Waals surface area contributed by atoms with Gasteiger partial charge in [0.25, 0.3) is 0 Å². The van der Waals surface area contributed by atoms with Crippen molar-refractivity contribution in [3.8, 4) is 23.0 Å². The van der Waals surface area contributed by atoms with Gasteiger partial charge in [-0.15, -0.1) is 0 Å². The van der Waals surface area contributed by atoms with E-state index >= 15 is 0 Å². The summed E-state index contributed by atoms with van der Waals surface area (Å²) in [4.78, 5) is 16.5. The van der Waals surface area contributed by atoms with Crippen LogP contribution in [0.5, 0.6) is 23.0 Å². The van der Waals surface area contributed by atoms with Crippen molar-refractivity contribution in [2.45, 2.75) is 12.8 Å². The van der Waals surface area contributed by atoms with Crippen LogP contribution in [-0.4, -0.2) is 31.8 Å². The number of aryl methyl sites for hydroxylation is 1. The topological polar surface area (TPSA) is 81.7 Å². The van der Waals surface area contributed by atoms with Crippen LogP contribution in [0.25, 0.3) is 10.9 Å². The van der Waals surface area contributed by atoms with Gasteiger partial charge >= 0.3 is 6.03 Å². The molecule has 3 aromatic carbocycles. The van der Waals surface area contributed by atoms with E-state index in [2.05, 4.69) is 15.6 Å². The average molecular weight is 476 g/mol. The summed E-state index contributed by atoms with van der Waals surface area (Å²) in [6.07, 6.45) is 3.06. The predicted octanol–water partition coefficient (Wildman–Crippen LogP) is 5.94. The van der Waals surface area contributed by atoms with Gasteiger partial charge in [-0.2, -0.15) is 0 Å². The number of carbonyl (C=O) groups excluding carboxylic acids is 1. The fourth-order valence-electron chi connectivity index (χ4n) is 3.63. The normalized spacial score (nSPS) is 10.6. The summed E-state index contributed by atoms with van der Waals surface area (Å²) < 4.78 is 30.0. The Balaban J connectivity index is 1.32. The van der Waals surface area contributed by atoms with Crippen LogP contribution in [0.4, 0.5) is 14.9 Å². The lowest BCUT2D eigenvalue weighted by Crippen LogP contribution is -2.29. The highest BCUT2D eigenvalue weighted by Gasteiger charge is 2.11. The zero-order valence-electron chi connectivity index (χ0n) is 19.5. The first-order valence-corrected chi connectivity index (χ1v) is 11.1. The molecule has 35 heavy (non-hydrogen) atoms. The van der Waals surface area contributed by atoms with E-state index in [1.165, 1.54) is 12.1 Å². The Bertz CT molecular complexity index is 1310. The molecule has 0 aliphatic heterocycles. The number of carbonyl (C=O) groups is 1. The number of hydrogen-bond acceptors (Lipinski definition) is 5. The molecule has 0 spiro atoms. The molecule has 1 aromatic heterocycles. The largest absolute Gasteiger partial charge is 0.493 e. The van der Waals surface area contributed by atoms with Gasteiger partial charge in [0.05, 0.1) is 19.7 Å². The summed E-state index contributed by atoms with van der Waals surface area (Å²) in [6, 6.07) is 18.6. The maximum Gasteiger partial charge on any atom is 0.319 e. The summed E-state index contributed by atoms with van der Waals surface area (Å²) in [6.45, 7) is 0.479. The Morgan fingerprint density at radius 2 is 1.71 bits per heavy atom. The number of fused-ring (bicyclic) bond motifs is 1. The fraction of sp³-hybridized carbons (Fsp3) is 0.185. The molecule has 0 unspecified atom stereocenters. The number of nitrogens with zero attached hydrogens (tertiary/aromatic N) is 1. The van der Waals surface area contributed by atoms with Gasteiger partial charge in [0.15, 0.2) is 11.5 Å². The maximum atomic E-state index is 13.2. The highest BCUT2D eigenvalue weighted by atomic mass is 19.1. The van der Waals surface area contributed by atoms with Crippen molar-refractivity contribution in [3.63, 3.8) is 0 Å². The van der Waals surface area contributed by atoms with E-state index in [1.807, 2.05) is 12.1 Å². The molecule has 0 aliphatic carbocycles. The van der Waals surface area contributed by atoms with E-state index in [0.29, 0.717) is 53.6 Å². The number of pyridine rings is 1. The van der Waals surface area contributed by atoms with Gasteiger partial charge in [-0.25, -0.2) is 9.18 Å². The Labute approximate surface area is 202 Å². The van der Waals surface area contributed by atoms with E-state index in [9.17, 15) is 9.18 Å². The molecule has 1 heterocycles. The van der Waals surface area contributed by atoms with Crippen LogP contribution in [-0.2, 0) is 6.42 Å². The van der Waals surface area contributed by atoms with Crippen molar-refractivity contribution >= 4 is 22.6 Å². The highest BCUT2D eigenvalue weighted by molar-refractivity contribution is 5.89. The van der Waals surface area contributed by atoms with Crippen molar-refractivity contribution < 1.29 is 23.4 Å². The molecular weight excluding hydrogens is 449 g/mol.